The zero-order valence-electron chi connectivity index (χ0n) is 9.65. The molecule has 0 bridgehead atoms. The van der Waals surface area contributed by atoms with Crippen LogP contribution in [0.2, 0.25) is 5.02 Å². The van der Waals surface area contributed by atoms with Crippen LogP contribution in [0.15, 0.2) is 46.9 Å². The number of halogens is 2. The van der Waals surface area contributed by atoms with Gasteiger partial charge in [0.25, 0.3) is 0 Å². The van der Waals surface area contributed by atoms with E-state index in [1.165, 1.54) is 18.2 Å². The van der Waals surface area contributed by atoms with Gasteiger partial charge >= 0.3 is 6.03 Å². The van der Waals surface area contributed by atoms with E-state index < -0.39 is 6.03 Å². The number of hydrogen-bond acceptors (Lipinski definition) is 2. The zero-order chi connectivity index (χ0) is 13.8. The molecule has 0 spiro atoms. The lowest BCUT2D eigenvalue weighted by Gasteiger charge is -2.10. The Hall–Kier alpha value is -1.72. The molecular formula is C13H10BrClN2O2. The normalized spacial score (nSPS) is 10.0. The maximum absolute atomic E-state index is 11.8. The lowest BCUT2D eigenvalue weighted by Crippen LogP contribution is -2.19. The fraction of sp³-hybridized carbons (Fsp3) is 0. The van der Waals surface area contributed by atoms with E-state index in [0.717, 1.165) is 4.47 Å². The highest BCUT2D eigenvalue weighted by atomic mass is 79.9. The molecule has 0 aliphatic heterocycles. The van der Waals surface area contributed by atoms with Gasteiger partial charge < -0.3 is 15.7 Å². The Labute approximate surface area is 123 Å². The van der Waals surface area contributed by atoms with Gasteiger partial charge in [0.15, 0.2) is 0 Å². The molecule has 0 fully saturated rings. The molecule has 3 N–H and O–H groups in total. The van der Waals surface area contributed by atoms with E-state index in [0.29, 0.717) is 10.7 Å². The predicted molar refractivity (Wildman–Crippen MR) is 79.9 cm³/mol. The molecule has 0 radical (unpaired) electrons. The van der Waals surface area contributed by atoms with Gasteiger partial charge in [-0.05, 0) is 46.3 Å². The van der Waals surface area contributed by atoms with Crippen LogP contribution in [0.1, 0.15) is 0 Å². The van der Waals surface area contributed by atoms with Crippen molar-refractivity contribution in [1.82, 2.24) is 0 Å². The molecule has 6 heteroatoms. The molecule has 2 aromatic rings. The molecule has 2 amide bonds. The zero-order valence-corrected chi connectivity index (χ0v) is 12.0. The van der Waals surface area contributed by atoms with E-state index >= 15 is 0 Å². The maximum atomic E-state index is 11.8. The molecule has 0 atom stereocenters. The molecule has 2 rings (SSSR count). The molecule has 98 valence electrons. The average Bonchev–Trinajstić information content (AvgIpc) is 2.37. The fourth-order valence-electron chi connectivity index (χ4n) is 1.45. The summed E-state index contributed by atoms with van der Waals surface area (Å²) in [5.41, 5.74) is 0.874. The van der Waals surface area contributed by atoms with E-state index in [4.69, 9.17) is 11.6 Å². The number of aromatic hydroxyl groups is 1. The number of nitrogens with one attached hydrogen (secondary N) is 2. The summed E-state index contributed by atoms with van der Waals surface area (Å²) in [7, 11) is 0. The molecule has 0 unspecified atom stereocenters. The number of carbonyl (C=O) groups is 1. The van der Waals surface area contributed by atoms with Gasteiger partial charge in [0.2, 0.25) is 0 Å². The third-order valence-corrected chi connectivity index (χ3v) is 3.26. The second kappa shape index (κ2) is 5.95. The van der Waals surface area contributed by atoms with E-state index in [-0.39, 0.29) is 11.4 Å². The Balaban J connectivity index is 2.10. The van der Waals surface area contributed by atoms with Gasteiger partial charge in [0.1, 0.15) is 5.75 Å². The summed E-state index contributed by atoms with van der Waals surface area (Å²) in [6.45, 7) is 0. The molecule has 19 heavy (non-hydrogen) atoms. The number of phenolic OH excluding ortho intramolecular Hbond substituents is 1. The van der Waals surface area contributed by atoms with Crippen molar-refractivity contribution in [2.75, 3.05) is 10.6 Å². The van der Waals surface area contributed by atoms with E-state index in [9.17, 15) is 9.90 Å². The van der Waals surface area contributed by atoms with Crippen molar-refractivity contribution in [3.63, 3.8) is 0 Å². The summed E-state index contributed by atoms with van der Waals surface area (Å²) in [6, 6.07) is 11.2. The molecule has 0 heterocycles. The number of amides is 2. The lowest BCUT2D eigenvalue weighted by atomic mass is 10.3. The van der Waals surface area contributed by atoms with Gasteiger partial charge in [-0.15, -0.1) is 0 Å². The third-order valence-electron chi connectivity index (χ3n) is 2.33. The Kier molecular flexibility index (Phi) is 4.29. The Bertz CT molecular complexity index is 619. The van der Waals surface area contributed by atoms with Gasteiger partial charge in [-0.3, -0.25) is 0 Å². The fourth-order valence-corrected chi connectivity index (χ4v) is 2.00. The summed E-state index contributed by atoms with van der Waals surface area (Å²) in [5.74, 6) is -0.0494. The quantitative estimate of drug-likeness (QED) is 0.707. The van der Waals surface area contributed by atoms with Crippen LogP contribution in [0, 0.1) is 0 Å². The first-order valence-corrected chi connectivity index (χ1v) is 6.54. The van der Waals surface area contributed by atoms with Crippen molar-refractivity contribution < 1.29 is 9.90 Å². The lowest BCUT2D eigenvalue weighted by molar-refractivity contribution is 0.262. The molecule has 2 aromatic carbocycles. The molecule has 4 nitrogen and oxygen atoms in total. The minimum atomic E-state index is -0.468. The first kappa shape index (κ1) is 13.7. The highest BCUT2D eigenvalue weighted by Gasteiger charge is 2.08. The van der Waals surface area contributed by atoms with Crippen LogP contribution >= 0.6 is 27.5 Å². The summed E-state index contributed by atoms with van der Waals surface area (Å²) in [6.07, 6.45) is 0. The maximum Gasteiger partial charge on any atom is 0.323 e. The second-order valence-corrected chi connectivity index (χ2v) is 5.01. The number of phenols is 1. The summed E-state index contributed by atoms with van der Waals surface area (Å²) in [5, 5.41) is 15.2. The number of urea groups is 1. The minimum Gasteiger partial charge on any atom is -0.506 e. The number of benzene rings is 2. The van der Waals surface area contributed by atoms with Crippen LogP contribution in [-0.2, 0) is 0 Å². The van der Waals surface area contributed by atoms with Gasteiger partial charge in [-0.2, -0.15) is 0 Å². The van der Waals surface area contributed by atoms with Crippen molar-refractivity contribution in [3.05, 3.63) is 52.0 Å². The largest absolute Gasteiger partial charge is 0.506 e. The predicted octanol–water partition coefficient (Wildman–Crippen LogP) is 4.45. The van der Waals surface area contributed by atoms with Crippen LogP contribution in [0.25, 0.3) is 0 Å². The van der Waals surface area contributed by atoms with Crippen molar-refractivity contribution in [1.29, 1.82) is 0 Å². The molecular weight excluding hydrogens is 332 g/mol. The van der Waals surface area contributed by atoms with Gasteiger partial charge in [0, 0.05) is 9.50 Å². The summed E-state index contributed by atoms with van der Waals surface area (Å²) < 4.78 is 0.764. The molecule has 0 aromatic heterocycles. The summed E-state index contributed by atoms with van der Waals surface area (Å²) in [4.78, 5) is 11.8. The van der Waals surface area contributed by atoms with E-state index in [1.807, 2.05) is 12.1 Å². The molecule has 0 saturated heterocycles. The molecule has 0 aliphatic rings. The number of para-hydroxylation sites is 1. The van der Waals surface area contributed by atoms with Crippen molar-refractivity contribution in [2.24, 2.45) is 0 Å². The van der Waals surface area contributed by atoms with Gasteiger partial charge in [-0.1, -0.05) is 23.7 Å². The van der Waals surface area contributed by atoms with Gasteiger partial charge in [-0.25, -0.2) is 4.79 Å². The minimum absolute atomic E-state index is 0.0494. The Morgan fingerprint density at radius 2 is 1.79 bits per heavy atom. The number of anilines is 2. The van der Waals surface area contributed by atoms with Crippen LogP contribution in [0.5, 0.6) is 5.75 Å². The second-order valence-electron chi connectivity index (χ2n) is 3.72. The van der Waals surface area contributed by atoms with E-state index in [1.54, 1.807) is 12.1 Å². The average molecular weight is 342 g/mol. The smallest absolute Gasteiger partial charge is 0.323 e. The molecule has 0 saturated carbocycles. The topological polar surface area (TPSA) is 61.4 Å². The number of hydrogen-bond donors (Lipinski definition) is 3. The van der Waals surface area contributed by atoms with Crippen LogP contribution in [0.3, 0.4) is 0 Å². The SMILES string of the molecule is O=C(Nc1cc(Cl)ccc1O)Nc1ccccc1Br. The van der Waals surface area contributed by atoms with Crippen LogP contribution < -0.4 is 10.6 Å². The molecule has 0 aliphatic carbocycles. The number of carbonyl (C=O) groups excluding carboxylic acids is 1. The third kappa shape index (κ3) is 3.62. The monoisotopic (exact) mass is 340 g/mol. The highest BCUT2D eigenvalue weighted by Crippen LogP contribution is 2.27. The first-order valence-electron chi connectivity index (χ1n) is 5.37. The van der Waals surface area contributed by atoms with Gasteiger partial charge in [0.05, 0.1) is 11.4 Å². The van der Waals surface area contributed by atoms with Crippen LogP contribution in [0.4, 0.5) is 16.2 Å². The van der Waals surface area contributed by atoms with Crippen LogP contribution in [-0.4, -0.2) is 11.1 Å². The van der Waals surface area contributed by atoms with Crippen molar-refractivity contribution in [2.45, 2.75) is 0 Å². The van der Waals surface area contributed by atoms with Crippen molar-refractivity contribution in [3.8, 4) is 5.75 Å². The standard InChI is InChI=1S/C13H10BrClN2O2/c14-9-3-1-2-4-10(9)16-13(19)17-11-7-8(15)5-6-12(11)18/h1-7,18H,(H2,16,17,19). The summed E-state index contributed by atoms with van der Waals surface area (Å²) >= 11 is 9.12. The first-order chi connectivity index (χ1) is 9.06. The Morgan fingerprint density at radius 1 is 1.11 bits per heavy atom. The Morgan fingerprint density at radius 3 is 2.53 bits per heavy atom. The van der Waals surface area contributed by atoms with Crippen molar-refractivity contribution >= 4 is 44.9 Å². The van der Waals surface area contributed by atoms with E-state index in [2.05, 4.69) is 26.6 Å². The highest BCUT2D eigenvalue weighted by molar-refractivity contribution is 9.10. The number of rotatable bonds is 2.